The Hall–Kier alpha value is -1.06. The number of carbonyl (C=O) groups excluding carboxylic acids is 2. The summed E-state index contributed by atoms with van der Waals surface area (Å²) in [7, 11) is 0. The SMILES string of the molecule is CC(=O)OC(CC(=O)OC(C)(C)C1CCCCC1)C1CC2CC1C(C)C2C. The maximum atomic E-state index is 12.8. The van der Waals surface area contributed by atoms with E-state index in [9.17, 15) is 9.59 Å². The maximum Gasteiger partial charge on any atom is 0.310 e. The van der Waals surface area contributed by atoms with Crippen LogP contribution in [0, 0.1) is 35.5 Å². The van der Waals surface area contributed by atoms with E-state index in [0.29, 0.717) is 29.6 Å². The summed E-state index contributed by atoms with van der Waals surface area (Å²) in [6.07, 6.45) is 8.17. The van der Waals surface area contributed by atoms with Crippen molar-refractivity contribution in [1.82, 2.24) is 0 Å². The average molecular weight is 379 g/mol. The molecule has 0 saturated heterocycles. The summed E-state index contributed by atoms with van der Waals surface area (Å²) in [5, 5.41) is 0. The lowest BCUT2D eigenvalue weighted by atomic mass is 9.73. The summed E-state index contributed by atoms with van der Waals surface area (Å²) >= 11 is 0. The van der Waals surface area contributed by atoms with Gasteiger partial charge in [0.2, 0.25) is 0 Å². The van der Waals surface area contributed by atoms with Crippen molar-refractivity contribution in [3.05, 3.63) is 0 Å². The van der Waals surface area contributed by atoms with Crippen LogP contribution >= 0.6 is 0 Å². The molecule has 3 saturated carbocycles. The Kier molecular flexibility index (Phi) is 6.22. The van der Waals surface area contributed by atoms with Crippen molar-refractivity contribution in [2.24, 2.45) is 35.5 Å². The van der Waals surface area contributed by atoms with E-state index in [1.54, 1.807) is 0 Å². The molecule has 0 aromatic carbocycles. The van der Waals surface area contributed by atoms with Crippen LogP contribution in [0.3, 0.4) is 0 Å². The largest absolute Gasteiger partial charge is 0.462 e. The summed E-state index contributed by atoms with van der Waals surface area (Å²) < 4.78 is 11.6. The number of fused-ring (bicyclic) bond motifs is 2. The van der Waals surface area contributed by atoms with Crippen molar-refractivity contribution >= 4 is 11.9 Å². The molecule has 0 aromatic heterocycles. The Labute approximate surface area is 164 Å². The van der Waals surface area contributed by atoms with E-state index in [1.807, 2.05) is 13.8 Å². The molecule has 154 valence electrons. The second-order valence-electron chi connectivity index (χ2n) is 10.0. The van der Waals surface area contributed by atoms with Crippen molar-refractivity contribution in [2.75, 3.05) is 0 Å². The molecule has 0 spiro atoms. The molecule has 4 heteroatoms. The first-order valence-corrected chi connectivity index (χ1v) is 11.1. The van der Waals surface area contributed by atoms with E-state index in [0.717, 1.165) is 25.2 Å². The first-order chi connectivity index (χ1) is 12.7. The van der Waals surface area contributed by atoms with Crippen molar-refractivity contribution in [2.45, 2.75) is 97.7 Å². The van der Waals surface area contributed by atoms with Gasteiger partial charge in [0.05, 0.1) is 6.42 Å². The summed E-state index contributed by atoms with van der Waals surface area (Å²) in [5.74, 6) is 2.89. The number of esters is 2. The zero-order chi connectivity index (χ0) is 19.8. The highest BCUT2D eigenvalue weighted by atomic mass is 16.6. The minimum Gasteiger partial charge on any atom is -0.462 e. The number of hydrogen-bond donors (Lipinski definition) is 0. The summed E-state index contributed by atoms with van der Waals surface area (Å²) in [6, 6.07) is 0. The third kappa shape index (κ3) is 4.51. The van der Waals surface area contributed by atoms with Gasteiger partial charge < -0.3 is 9.47 Å². The molecule has 3 aliphatic carbocycles. The van der Waals surface area contributed by atoms with Crippen LogP contribution in [0.5, 0.6) is 0 Å². The Morgan fingerprint density at radius 2 is 1.70 bits per heavy atom. The van der Waals surface area contributed by atoms with Crippen molar-refractivity contribution < 1.29 is 19.1 Å². The van der Waals surface area contributed by atoms with Gasteiger partial charge in [-0.05, 0) is 75.0 Å². The fourth-order valence-corrected chi connectivity index (χ4v) is 6.30. The predicted octanol–water partition coefficient (Wildman–Crippen LogP) is 5.14. The maximum absolute atomic E-state index is 12.8. The summed E-state index contributed by atoms with van der Waals surface area (Å²) in [4.78, 5) is 24.5. The highest BCUT2D eigenvalue weighted by Gasteiger charge is 2.52. The molecule has 3 aliphatic rings. The van der Waals surface area contributed by atoms with Gasteiger partial charge in [-0.2, -0.15) is 0 Å². The molecule has 0 radical (unpaired) electrons. The minimum absolute atomic E-state index is 0.199. The van der Waals surface area contributed by atoms with Crippen LogP contribution in [0.25, 0.3) is 0 Å². The normalized spacial score (nSPS) is 35.1. The van der Waals surface area contributed by atoms with E-state index in [4.69, 9.17) is 9.47 Å². The highest BCUT2D eigenvalue weighted by molar-refractivity contribution is 5.72. The molecule has 2 bridgehead atoms. The Morgan fingerprint density at radius 3 is 2.26 bits per heavy atom. The monoisotopic (exact) mass is 378 g/mol. The molecule has 6 atom stereocenters. The lowest BCUT2D eigenvalue weighted by molar-refractivity contribution is -0.170. The standard InChI is InChI=1S/C23H38O4/c1-14-15(2)19-11-17(14)12-20(19)21(26-16(3)24)13-22(25)27-23(4,5)18-9-7-6-8-10-18/h14-15,17-21H,6-13H2,1-5H3. The molecule has 27 heavy (non-hydrogen) atoms. The second-order valence-corrected chi connectivity index (χ2v) is 10.0. The third-order valence-electron chi connectivity index (χ3n) is 8.08. The second kappa shape index (κ2) is 8.13. The van der Waals surface area contributed by atoms with Gasteiger partial charge in [0.25, 0.3) is 0 Å². The predicted molar refractivity (Wildman–Crippen MR) is 105 cm³/mol. The topological polar surface area (TPSA) is 52.6 Å². The van der Waals surface area contributed by atoms with Gasteiger partial charge in [-0.3, -0.25) is 9.59 Å². The molecule has 0 aliphatic heterocycles. The molecule has 0 aromatic rings. The van der Waals surface area contributed by atoms with Crippen LogP contribution in [-0.4, -0.2) is 23.6 Å². The fraction of sp³-hybridized carbons (Fsp3) is 0.913. The van der Waals surface area contributed by atoms with Crippen LogP contribution in [0.1, 0.15) is 86.0 Å². The van der Waals surface area contributed by atoms with Crippen molar-refractivity contribution in [3.63, 3.8) is 0 Å². The van der Waals surface area contributed by atoms with E-state index >= 15 is 0 Å². The molecular formula is C23H38O4. The molecule has 0 heterocycles. The molecular weight excluding hydrogens is 340 g/mol. The van der Waals surface area contributed by atoms with E-state index in [1.165, 1.54) is 32.6 Å². The molecule has 0 N–H and O–H groups in total. The van der Waals surface area contributed by atoms with Gasteiger partial charge in [-0.25, -0.2) is 0 Å². The zero-order valence-corrected chi connectivity index (χ0v) is 17.8. The number of hydrogen-bond acceptors (Lipinski definition) is 4. The van der Waals surface area contributed by atoms with Gasteiger partial charge >= 0.3 is 11.9 Å². The summed E-state index contributed by atoms with van der Waals surface area (Å²) in [6.45, 7) is 10.2. The lowest BCUT2D eigenvalue weighted by Gasteiger charge is -2.38. The number of rotatable bonds is 6. The van der Waals surface area contributed by atoms with Crippen molar-refractivity contribution in [3.8, 4) is 0 Å². The van der Waals surface area contributed by atoms with Crippen LogP contribution < -0.4 is 0 Å². The lowest BCUT2D eigenvalue weighted by Crippen LogP contribution is -2.41. The van der Waals surface area contributed by atoms with Gasteiger partial charge in [0, 0.05) is 6.92 Å². The van der Waals surface area contributed by atoms with Crippen LogP contribution in [-0.2, 0) is 19.1 Å². The first-order valence-electron chi connectivity index (χ1n) is 11.1. The number of ether oxygens (including phenoxy) is 2. The molecule has 3 rings (SSSR count). The van der Waals surface area contributed by atoms with Gasteiger partial charge in [-0.1, -0.05) is 33.1 Å². The van der Waals surface area contributed by atoms with Gasteiger partial charge in [-0.15, -0.1) is 0 Å². The van der Waals surface area contributed by atoms with E-state index in [-0.39, 0.29) is 24.5 Å². The van der Waals surface area contributed by atoms with E-state index in [2.05, 4.69) is 13.8 Å². The minimum atomic E-state index is -0.436. The van der Waals surface area contributed by atoms with Gasteiger partial charge in [0.1, 0.15) is 11.7 Å². The van der Waals surface area contributed by atoms with Gasteiger partial charge in [0.15, 0.2) is 0 Å². The Morgan fingerprint density at radius 1 is 1.04 bits per heavy atom. The Balaban J connectivity index is 1.62. The Bertz CT molecular complexity index is 547. The van der Waals surface area contributed by atoms with E-state index < -0.39 is 5.60 Å². The smallest absolute Gasteiger partial charge is 0.310 e. The first kappa shape index (κ1) is 20.7. The van der Waals surface area contributed by atoms with Crippen LogP contribution in [0.2, 0.25) is 0 Å². The van der Waals surface area contributed by atoms with Crippen molar-refractivity contribution in [1.29, 1.82) is 0 Å². The average Bonchev–Trinajstić information content (AvgIpc) is 3.15. The highest BCUT2D eigenvalue weighted by Crippen LogP contribution is 2.56. The van der Waals surface area contributed by atoms with Crippen LogP contribution in [0.15, 0.2) is 0 Å². The molecule has 3 fully saturated rings. The molecule has 0 amide bonds. The summed E-state index contributed by atoms with van der Waals surface area (Å²) in [5.41, 5.74) is -0.436. The quantitative estimate of drug-likeness (QED) is 0.601. The number of carbonyl (C=O) groups is 2. The van der Waals surface area contributed by atoms with Crippen LogP contribution in [0.4, 0.5) is 0 Å². The molecule has 4 nitrogen and oxygen atoms in total. The fourth-order valence-electron chi connectivity index (χ4n) is 6.30. The molecule has 6 unspecified atom stereocenters. The third-order valence-corrected chi connectivity index (χ3v) is 8.08. The zero-order valence-electron chi connectivity index (χ0n) is 17.8.